The van der Waals surface area contributed by atoms with Crippen LogP contribution in [-0.2, 0) is 25.7 Å². The number of hydrogen-bond donors (Lipinski definition) is 0. The quantitative estimate of drug-likeness (QED) is 0.265. The number of benzene rings is 3. The zero-order valence-electron chi connectivity index (χ0n) is 18.6. The lowest BCUT2D eigenvalue weighted by Gasteiger charge is -2.13. The Morgan fingerprint density at radius 3 is 2.10 bits per heavy atom. The first-order valence-corrected chi connectivity index (χ1v) is 11.1. The Labute approximate surface area is 184 Å². The average Bonchev–Trinajstić information content (AvgIpc) is 2.75. The van der Waals surface area contributed by atoms with E-state index in [9.17, 15) is 10.1 Å². The van der Waals surface area contributed by atoms with Gasteiger partial charge in [-0.05, 0) is 91.8 Å². The molecule has 0 unspecified atom stereocenters. The summed E-state index contributed by atoms with van der Waals surface area (Å²) >= 11 is 0. The molecule has 0 N–H and O–H groups in total. The van der Waals surface area contributed by atoms with Crippen molar-refractivity contribution in [3.63, 3.8) is 0 Å². The number of fused-ring (bicyclic) bond motifs is 4. The lowest BCUT2D eigenvalue weighted by atomic mass is 9.92. The highest BCUT2D eigenvalue weighted by Crippen LogP contribution is 2.30. The van der Waals surface area contributed by atoms with Crippen molar-refractivity contribution in [1.82, 2.24) is 0 Å². The highest BCUT2D eigenvalue weighted by molar-refractivity contribution is 5.70. The number of rotatable bonds is 3. The third-order valence-electron chi connectivity index (χ3n) is 6.61. The van der Waals surface area contributed by atoms with Crippen LogP contribution in [0.1, 0.15) is 56.5 Å². The van der Waals surface area contributed by atoms with E-state index < -0.39 is 0 Å². The molecule has 4 rings (SSSR count). The largest absolute Gasteiger partial charge is 0.272 e. The van der Waals surface area contributed by atoms with E-state index >= 15 is 0 Å². The first kappa shape index (κ1) is 21.0. The molecular weight excluding hydrogens is 382 g/mol. The fraction of sp³-hybridized carbons (Fsp3) is 0.286. The van der Waals surface area contributed by atoms with E-state index in [0.717, 1.165) is 43.2 Å². The molecule has 0 saturated heterocycles. The second-order valence-corrected chi connectivity index (χ2v) is 8.67. The van der Waals surface area contributed by atoms with Crippen LogP contribution in [0.2, 0.25) is 0 Å². The zero-order chi connectivity index (χ0) is 22.0. The van der Waals surface area contributed by atoms with E-state index in [0.29, 0.717) is 0 Å². The minimum absolute atomic E-state index is 0.231. The van der Waals surface area contributed by atoms with Gasteiger partial charge in [-0.25, -0.2) is 0 Å². The minimum atomic E-state index is -0.231. The van der Waals surface area contributed by atoms with Crippen molar-refractivity contribution in [2.24, 2.45) is 0 Å². The molecule has 0 aliphatic heterocycles. The molecule has 1 aliphatic rings. The van der Waals surface area contributed by atoms with Gasteiger partial charge in [-0.3, -0.25) is 10.1 Å². The van der Waals surface area contributed by atoms with Gasteiger partial charge in [-0.1, -0.05) is 60.2 Å². The fourth-order valence-electron chi connectivity index (χ4n) is 4.63. The van der Waals surface area contributed by atoms with Gasteiger partial charge in [-0.15, -0.1) is 0 Å². The van der Waals surface area contributed by atoms with Crippen LogP contribution in [0.3, 0.4) is 0 Å². The number of nitro benzene ring substituents is 1. The van der Waals surface area contributed by atoms with E-state index in [4.69, 9.17) is 0 Å². The van der Waals surface area contributed by atoms with Gasteiger partial charge in [0.2, 0.25) is 0 Å². The molecule has 0 heterocycles. The standard InChI is InChI=1S/C28H29NO2/c1-19-7-9-22(10-8-19)11-12-23-17-25-5-4-6-27-21(3)24(15-16-28(27)29(30)31)13-14-26(18-23)20(25)2/h7-12,15-18H,4-6,13-14H2,1-3H3/b12-11-. The molecular formula is C28H29NO2. The van der Waals surface area contributed by atoms with Gasteiger partial charge in [0.05, 0.1) is 4.92 Å². The molecule has 158 valence electrons. The molecule has 0 spiro atoms. The maximum Gasteiger partial charge on any atom is 0.272 e. The summed E-state index contributed by atoms with van der Waals surface area (Å²) in [4.78, 5) is 11.3. The van der Waals surface area contributed by atoms with Crippen LogP contribution in [0, 0.1) is 30.9 Å². The Hall–Kier alpha value is -3.20. The Morgan fingerprint density at radius 2 is 1.39 bits per heavy atom. The summed E-state index contributed by atoms with van der Waals surface area (Å²) in [6.07, 6.45) is 8.82. The smallest absolute Gasteiger partial charge is 0.258 e. The summed E-state index contributed by atoms with van der Waals surface area (Å²) in [5, 5.41) is 11.5. The molecule has 1 aliphatic carbocycles. The SMILES string of the molecule is Cc1ccc(/C=C\c2cc3c(C)c(c2)CCc2ccc([N+](=O)[O-])c(c2C)CCC3)cc1. The number of hydrogen-bond acceptors (Lipinski definition) is 2. The number of aryl methyl sites for hydroxylation is 4. The molecule has 3 aromatic rings. The van der Waals surface area contributed by atoms with Crippen molar-refractivity contribution in [3.8, 4) is 0 Å². The lowest BCUT2D eigenvalue weighted by molar-refractivity contribution is -0.385. The summed E-state index contributed by atoms with van der Waals surface area (Å²) in [6.45, 7) is 6.37. The second-order valence-electron chi connectivity index (χ2n) is 8.67. The van der Waals surface area contributed by atoms with Gasteiger partial charge >= 0.3 is 0 Å². The number of nitrogens with zero attached hydrogens (tertiary/aromatic N) is 1. The van der Waals surface area contributed by atoms with E-state index in [1.54, 1.807) is 6.07 Å². The van der Waals surface area contributed by atoms with Gasteiger partial charge in [-0.2, -0.15) is 0 Å². The molecule has 31 heavy (non-hydrogen) atoms. The van der Waals surface area contributed by atoms with Crippen molar-refractivity contribution in [3.05, 3.63) is 109 Å². The van der Waals surface area contributed by atoms with E-state index in [2.05, 4.69) is 62.4 Å². The monoisotopic (exact) mass is 411 g/mol. The molecule has 0 aromatic heterocycles. The Kier molecular flexibility index (Phi) is 6.03. The van der Waals surface area contributed by atoms with Crippen molar-refractivity contribution in [1.29, 1.82) is 0 Å². The van der Waals surface area contributed by atoms with Gasteiger partial charge in [0.15, 0.2) is 0 Å². The Bertz CT molecular complexity index is 1160. The first-order valence-electron chi connectivity index (χ1n) is 11.1. The highest BCUT2D eigenvalue weighted by Gasteiger charge is 2.19. The van der Waals surface area contributed by atoms with E-state index in [1.165, 1.54) is 38.9 Å². The van der Waals surface area contributed by atoms with Crippen LogP contribution in [0.25, 0.3) is 12.2 Å². The third kappa shape index (κ3) is 4.61. The number of nitro groups is 1. The van der Waals surface area contributed by atoms with Crippen LogP contribution in [-0.4, -0.2) is 4.92 Å². The van der Waals surface area contributed by atoms with Crippen LogP contribution in [0.5, 0.6) is 0 Å². The van der Waals surface area contributed by atoms with E-state index in [1.807, 2.05) is 13.0 Å². The Morgan fingerprint density at radius 1 is 0.742 bits per heavy atom. The predicted molar refractivity (Wildman–Crippen MR) is 129 cm³/mol. The average molecular weight is 412 g/mol. The van der Waals surface area contributed by atoms with Gasteiger partial charge in [0.1, 0.15) is 0 Å². The van der Waals surface area contributed by atoms with Crippen molar-refractivity contribution in [2.45, 2.75) is 52.9 Å². The van der Waals surface area contributed by atoms with Gasteiger partial charge in [0, 0.05) is 11.6 Å². The highest BCUT2D eigenvalue weighted by atomic mass is 16.6. The molecule has 0 fully saturated rings. The predicted octanol–water partition coefficient (Wildman–Crippen LogP) is 6.96. The zero-order valence-corrected chi connectivity index (χ0v) is 18.6. The molecule has 4 bridgehead atoms. The van der Waals surface area contributed by atoms with Crippen molar-refractivity contribution >= 4 is 17.8 Å². The molecule has 0 atom stereocenters. The first-order chi connectivity index (χ1) is 14.9. The molecule has 0 radical (unpaired) electrons. The van der Waals surface area contributed by atoms with Crippen LogP contribution in [0.4, 0.5) is 5.69 Å². The maximum atomic E-state index is 11.5. The van der Waals surface area contributed by atoms with Crippen molar-refractivity contribution < 1.29 is 4.92 Å². The second kappa shape index (κ2) is 8.89. The summed E-state index contributed by atoms with van der Waals surface area (Å²) in [7, 11) is 0. The van der Waals surface area contributed by atoms with Crippen molar-refractivity contribution in [2.75, 3.05) is 0 Å². The summed E-state index contributed by atoms with van der Waals surface area (Å²) < 4.78 is 0. The molecule has 3 aromatic carbocycles. The summed E-state index contributed by atoms with van der Waals surface area (Å²) in [5.41, 5.74) is 11.3. The fourth-order valence-corrected chi connectivity index (χ4v) is 4.63. The topological polar surface area (TPSA) is 43.1 Å². The van der Waals surface area contributed by atoms with E-state index in [-0.39, 0.29) is 10.6 Å². The Balaban J connectivity index is 1.68. The third-order valence-corrected chi connectivity index (χ3v) is 6.61. The minimum Gasteiger partial charge on any atom is -0.258 e. The van der Waals surface area contributed by atoms with Crippen LogP contribution in [0.15, 0.2) is 48.5 Å². The van der Waals surface area contributed by atoms with Crippen LogP contribution < -0.4 is 0 Å². The normalized spacial score (nSPS) is 13.8. The lowest BCUT2D eigenvalue weighted by Crippen LogP contribution is -2.03. The van der Waals surface area contributed by atoms with Gasteiger partial charge < -0.3 is 0 Å². The molecule has 3 heteroatoms. The molecule has 0 amide bonds. The summed E-state index contributed by atoms with van der Waals surface area (Å²) in [5.74, 6) is 0. The summed E-state index contributed by atoms with van der Waals surface area (Å²) in [6, 6.07) is 16.8. The molecule has 3 nitrogen and oxygen atoms in total. The van der Waals surface area contributed by atoms with Crippen LogP contribution >= 0.6 is 0 Å². The molecule has 0 saturated carbocycles. The van der Waals surface area contributed by atoms with Gasteiger partial charge in [0.25, 0.3) is 5.69 Å². The maximum absolute atomic E-state index is 11.5.